The Bertz CT molecular complexity index is 1570. The van der Waals surface area contributed by atoms with E-state index < -0.39 is 11.4 Å². The molecule has 5 aliphatic carbocycles. The Balaban J connectivity index is 1.24. The lowest BCUT2D eigenvalue weighted by molar-refractivity contribution is -0.218. The topological polar surface area (TPSA) is 92.7 Å². The van der Waals surface area contributed by atoms with E-state index in [9.17, 15) is 19.5 Å². The maximum Gasteiger partial charge on any atom is 0.309 e. The van der Waals surface area contributed by atoms with Gasteiger partial charge in [-0.15, -0.1) is 0 Å². The number of carboxylic acid groups (broad SMARTS) is 1. The number of hydrogen-bond acceptors (Lipinski definition) is 5. The molecular weight excluding hydrogens is 670 g/mol. The predicted molar refractivity (Wildman–Crippen MR) is 208 cm³/mol. The van der Waals surface area contributed by atoms with Crippen molar-refractivity contribution in [1.82, 2.24) is 5.32 Å². The fourth-order valence-corrected chi connectivity index (χ4v) is 13.2. The van der Waals surface area contributed by atoms with E-state index in [1.54, 1.807) is 19.4 Å². The van der Waals surface area contributed by atoms with Gasteiger partial charge < -0.3 is 15.2 Å². The molecule has 0 spiro atoms. The van der Waals surface area contributed by atoms with Crippen LogP contribution in [0.4, 0.5) is 0 Å². The van der Waals surface area contributed by atoms with Gasteiger partial charge in [0.05, 0.1) is 11.8 Å². The molecule has 7 heteroatoms. The summed E-state index contributed by atoms with van der Waals surface area (Å²) >= 11 is 6.13. The number of nitrogens with one attached hydrogen (secondary N) is 1. The first kappa shape index (κ1) is 39.5. The second-order valence-corrected chi connectivity index (χ2v) is 19.9. The summed E-state index contributed by atoms with van der Waals surface area (Å²) in [5, 5.41) is 14.1. The number of esters is 1. The third-order valence-corrected chi connectivity index (χ3v) is 16.2. The number of hydrogen-bond donors (Lipinski definition) is 2. The maximum absolute atomic E-state index is 14.0. The van der Waals surface area contributed by atoms with E-state index in [0.29, 0.717) is 35.9 Å². The molecule has 0 bridgehead atoms. The molecule has 0 aliphatic heterocycles. The molecule has 6 nitrogen and oxygen atoms in total. The Hall–Kier alpha value is -2.18. The molecule has 1 aromatic rings. The van der Waals surface area contributed by atoms with Gasteiger partial charge in [-0.2, -0.15) is 0 Å². The van der Waals surface area contributed by atoms with Crippen molar-refractivity contribution in [2.75, 3.05) is 6.54 Å². The van der Waals surface area contributed by atoms with Gasteiger partial charge >= 0.3 is 11.9 Å². The van der Waals surface area contributed by atoms with E-state index in [1.165, 1.54) is 24.8 Å². The van der Waals surface area contributed by atoms with Crippen molar-refractivity contribution < 1.29 is 24.2 Å². The second kappa shape index (κ2) is 14.5. The Morgan fingerprint density at radius 2 is 1.71 bits per heavy atom. The molecule has 9 atom stereocenters. The van der Waals surface area contributed by atoms with Crippen LogP contribution >= 0.6 is 11.6 Å². The Morgan fingerprint density at radius 1 is 1.00 bits per heavy atom. The van der Waals surface area contributed by atoms with Gasteiger partial charge in [-0.3, -0.25) is 14.4 Å². The first-order chi connectivity index (χ1) is 24.4. The number of aliphatic carboxylic acids is 1. The van der Waals surface area contributed by atoms with Crippen molar-refractivity contribution in [1.29, 1.82) is 0 Å². The number of allylic oxidation sites excluding steroid dienone is 2. The van der Waals surface area contributed by atoms with Gasteiger partial charge in [0, 0.05) is 23.4 Å². The van der Waals surface area contributed by atoms with Gasteiger partial charge in [0.2, 0.25) is 0 Å². The van der Waals surface area contributed by atoms with Crippen molar-refractivity contribution in [3.63, 3.8) is 0 Å². The largest absolute Gasteiger partial charge is 0.481 e. The standard InChI is InChI=1S/C45H66ClNO5/c1-9-10-31-32-17-20-44(8)36(42(32,6)19-18-35(31)52-37(49)26-41(4,5)40(50)51)16-15-33-39-38(28(2)3)34(48)25-45(39,22-21-43(33,44)7)23-24-47-27-29-11-13-30(46)14-12-29/h11-14,28,31-33,35-36,47H,9-10,15-27H2,1-8H3,(H,50,51)/t31-,32+,33-,35+,36-,42+,43-,44-,45-/m1/s1. The SMILES string of the molecule is CCC[C@H]1[C@@H](OC(=O)CC(C)(C)C(=O)O)CC[C@]2(C)[C@H]3CC[C@@H]4C5=C(C(C)C)C(=O)C[C@]5(CCNCc5ccc(Cl)cc5)CC[C@@]4(C)[C@]3(C)CC[C@@H]12. The summed E-state index contributed by atoms with van der Waals surface area (Å²) in [6.45, 7) is 19.4. The summed E-state index contributed by atoms with van der Waals surface area (Å²) in [4.78, 5) is 38.9. The molecular formula is C45H66ClNO5. The number of ether oxygens (including phenoxy) is 1. The summed E-state index contributed by atoms with van der Waals surface area (Å²) in [6.07, 6.45) is 12.3. The van der Waals surface area contributed by atoms with Crippen LogP contribution in [0.3, 0.4) is 0 Å². The molecule has 52 heavy (non-hydrogen) atoms. The van der Waals surface area contributed by atoms with Crippen LogP contribution in [0.1, 0.15) is 144 Å². The van der Waals surface area contributed by atoms with Crippen LogP contribution in [0.5, 0.6) is 0 Å². The number of benzene rings is 1. The van der Waals surface area contributed by atoms with Gasteiger partial charge in [0.25, 0.3) is 0 Å². The van der Waals surface area contributed by atoms with Crippen LogP contribution in [0.25, 0.3) is 0 Å². The minimum absolute atomic E-state index is 0.0402. The van der Waals surface area contributed by atoms with Gasteiger partial charge in [-0.25, -0.2) is 0 Å². The highest BCUT2D eigenvalue weighted by molar-refractivity contribution is 6.30. The first-order valence-electron chi connectivity index (χ1n) is 20.6. The molecule has 0 amide bonds. The summed E-state index contributed by atoms with van der Waals surface area (Å²) < 4.78 is 6.23. The Kier molecular flexibility index (Phi) is 11.0. The molecule has 0 heterocycles. The van der Waals surface area contributed by atoms with Gasteiger partial charge in [0.1, 0.15) is 6.10 Å². The molecule has 288 valence electrons. The third-order valence-electron chi connectivity index (χ3n) is 16.0. The van der Waals surface area contributed by atoms with E-state index in [-0.39, 0.29) is 46.1 Å². The quantitative estimate of drug-likeness (QED) is 0.164. The van der Waals surface area contributed by atoms with Gasteiger partial charge in [0.15, 0.2) is 5.78 Å². The molecule has 0 aromatic heterocycles. The highest BCUT2D eigenvalue weighted by atomic mass is 35.5. The molecule has 4 saturated carbocycles. The van der Waals surface area contributed by atoms with Crippen molar-refractivity contribution >= 4 is 29.3 Å². The Morgan fingerprint density at radius 3 is 2.37 bits per heavy atom. The maximum atomic E-state index is 14.0. The fraction of sp³-hybridized carbons (Fsp3) is 0.756. The zero-order valence-corrected chi connectivity index (χ0v) is 34.1. The van der Waals surface area contributed by atoms with Crippen LogP contribution in [0.15, 0.2) is 35.4 Å². The van der Waals surface area contributed by atoms with Crippen molar-refractivity contribution in [3.8, 4) is 0 Å². The van der Waals surface area contributed by atoms with Crippen LogP contribution in [-0.2, 0) is 25.7 Å². The smallest absolute Gasteiger partial charge is 0.309 e. The minimum atomic E-state index is -1.14. The van der Waals surface area contributed by atoms with E-state index in [2.05, 4.69) is 59.0 Å². The number of Topliss-reactive ketones (excluding diaryl/α,β-unsaturated/α-hetero) is 1. The number of carboxylic acids is 1. The third kappa shape index (κ3) is 6.62. The van der Waals surface area contributed by atoms with Gasteiger partial charge in [-0.1, -0.05) is 77.3 Å². The summed E-state index contributed by atoms with van der Waals surface area (Å²) in [7, 11) is 0. The zero-order valence-electron chi connectivity index (χ0n) is 33.3. The normalized spacial score (nSPS) is 37.3. The molecule has 0 radical (unpaired) electrons. The van der Waals surface area contributed by atoms with Crippen molar-refractivity contribution in [2.24, 2.45) is 56.7 Å². The van der Waals surface area contributed by atoms with Crippen LogP contribution in [-0.4, -0.2) is 35.5 Å². The molecule has 5 aliphatic rings. The summed E-state index contributed by atoms with van der Waals surface area (Å²) in [5.74, 6) is 1.10. The monoisotopic (exact) mass is 735 g/mol. The number of ketones is 1. The van der Waals surface area contributed by atoms with Crippen molar-refractivity contribution in [3.05, 3.63) is 46.0 Å². The zero-order chi connectivity index (χ0) is 37.9. The molecule has 0 saturated heterocycles. The predicted octanol–water partition coefficient (Wildman–Crippen LogP) is 10.6. The second-order valence-electron chi connectivity index (χ2n) is 19.5. The lowest BCUT2D eigenvalue weighted by Gasteiger charge is -2.71. The highest BCUT2D eigenvalue weighted by Gasteiger charge is 2.69. The minimum Gasteiger partial charge on any atom is -0.481 e. The Labute approximate surface area is 318 Å². The highest BCUT2D eigenvalue weighted by Crippen LogP contribution is 2.76. The molecule has 6 rings (SSSR count). The molecule has 0 unspecified atom stereocenters. The number of carbonyl (C=O) groups is 3. The van der Waals surface area contributed by atoms with Crippen molar-refractivity contribution in [2.45, 2.75) is 152 Å². The van der Waals surface area contributed by atoms with E-state index in [0.717, 1.165) is 75.1 Å². The number of rotatable bonds is 12. The lowest BCUT2D eigenvalue weighted by Crippen LogP contribution is -2.64. The van der Waals surface area contributed by atoms with Crippen LogP contribution in [0.2, 0.25) is 5.02 Å². The van der Waals surface area contributed by atoms with Gasteiger partial charge in [-0.05, 0) is 154 Å². The lowest BCUT2D eigenvalue weighted by atomic mass is 9.33. The average Bonchev–Trinajstić information content (AvgIpc) is 3.37. The number of halogens is 1. The first-order valence-corrected chi connectivity index (χ1v) is 21.0. The molecule has 1 aromatic carbocycles. The van der Waals surface area contributed by atoms with E-state index in [4.69, 9.17) is 16.3 Å². The summed E-state index contributed by atoms with van der Waals surface area (Å²) in [5.41, 5.74) is 3.19. The van der Waals surface area contributed by atoms with E-state index in [1.807, 2.05) is 12.1 Å². The molecule has 4 fully saturated rings. The summed E-state index contributed by atoms with van der Waals surface area (Å²) in [6, 6.07) is 8.07. The fourth-order valence-electron chi connectivity index (χ4n) is 13.1. The van der Waals surface area contributed by atoms with Crippen LogP contribution < -0.4 is 5.32 Å². The molecule has 2 N–H and O–H groups in total. The van der Waals surface area contributed by atoms with Crippen LogP contribution in [0, 0.1) is 56.7 Å². The average molecular weight is 736 g/mol. The number of fused-ring (bicyclic) bond motifs is 7. The van der Waals surface area contributed by atoms with E-state index >= 15 is 0 Å². The number of carbonyl (C=O) groups excluding carboxylic acids is 2.